The van der Waals surface area contributed by atoms with Crippen LogP contribution in [0.5, 0.6) is 11.5 Å². The summed E-state index contributed by atoms with van der Waals surface area (Å²) in [5, 5.41) is 0. The third-order valence-electron chi connectivity index (χ3n) is 4.13. The van der Waals surface area contributed by atoms with Crippen molar-refractivity contribution in [2.45, 2.75) is 25.9 Å². The molecule has 5 heteroatoms. The lowest BCUT2D eigenvalue weighted by atomic mass is 10.2. The molecule has 0 spiro atoms. The number of likely N-dealkylation sites (tertiary alicyclic amines) is 1. The normalized spacial score (nSPS) is 14.8. The van der Waals surface area contributed by atoms with E-state index in [9.17, 15) is 9.59 Å². The molecule has 2 aromatic carbocycles. The zero-order chi connectivity index (χ0) is 17.6. The lowest BCUT2D eigenvalue weighted by Gasteiger charge is -2.20. The largest absolute Gasteiger partial charge is 0.456 e. The molecule has 5 nitrogen and oxygen atoms in total. The summed E-state index contributed by atoms with van der Waals surface area (Å²) in [4.78, 5) is 26.6. The summed E-state index contributed by atoms with van der Waals surface area (Å²) in [6.07, 6.45) is 1.19. The van der Waals surface area contributed by atoms with E-state index in [2.05, 4.69) is 0 Å². The molecule has 3 rings (SSSR count). The van der Waals surface area contributed by atoms with E-state index >= 15 is 0 Å². The Morgan fingerprint density at radius 2 is 1.60 bits per heavy atom. The summed E-state index contributed by atoms with van der Waals surface area (Å²) in [6, 6.07) is 16.1. The Balaban J connectivity index is 1.70. The molecule has 130 valence electrons. The molecule has 0 radical (unpaired) electrons. The number of carbonyl (C=O) groups excluding carboxylic acids is 2. The summed E-state index contributed by atoms with van der Waals surface area (Å²) in [5.41, 5.74) is 0.299. The minimum absolute atomic E-state index is 0.146. The average molecular weight is 339 g/mol. The van der Waals surface area contributed by atoms with Crippen molar-refractivity contribution >= 4 is 11.9 Å². The Labute approximate surface area is 147 Å². The van der Waals surface area contributed by atoms with Crippen LogP contribution >= 0.6 is 0 Å². The summed E-state index contributed by atoms with van der Waals surface area (Å²) in [5.74, 6) is 0.322. The van der Waals surface area contributed by atoms with Gasteiger partial charge in [0.15, 0.2) is 6.10 Å². The number of nitrogens with zero attached hydrogens (tertiary/aromatic N) is 1. The maximum absolute atomic E-state index is 12.5. The van der Waals surface area contributed by atoms with Crippen LogP contribution in [0.1, 0.15) is 30.1 Å². The fourth-order valence-electron chi connectivity index (χ4n) is 2.81. The van der Waals surface area contributed by atoms with Gasteiger partial charge in [-0.15, -0.1) is 0 Å². The first-order valence-electron chi connectivity index (χ1n) is 8.47. The number of carbonyl (C=O) groups is 2. The maximum atomic E-state index is 12.5. The second-order valence-electron chi connectivity index (χ2n) is 5.99. The van der Waals surface area contributed by atoms with Crippen molar-refractivity contribution in [3.8, 4) is 11.5 Å². The maximum Gasteiger partial charge on any atom is 0.342 e. The Bertz CT molecular complexity index is 738. The zero-order valence-corrected chi connectivity index (χ0v) is 14.2. The highest BCUT2D eigenvalue weighted by atomic mass is 16.5. The molecule has 0 aliphatic carbocycles. The number of amides is 1. The zero-order valence-electron chi connectivity index (χ0n) is 14.2. The van der Waals surface area contributed by atoms with Gasteiger partial charge in [0.25, 0.3) is 5.91 Å². The van der Waals surface area contributed by atoms with Crippen LogP contribution in [-0.2, 0) is 9.53 Å². The van der Waals surface area contributed by atoms with Crippen LogP contribution in [0.2, 0.25) is 0 Å². The van der Waals surface area contributed by atoms with Gasteiger partial charge in [-0.2, -0.15) is 0 Å². The van der Waals surface area contributed by atoms with Gasteiger partial charge in [-0.05, 0) is 44.0 Å². The van der Waals surface area contributed by atoms with Crippen molar-refractivity contribution in [2.75, 3.05) is 13.1 Å². The van der Waals surface area contributed by atoms with E-state index in [1.807, 2.05) is 30.3 Å². The van der Waals surface area contributed by atoms with Crippen LogP contribution in [0.15, 0.2) is 54.6 Å². The van der Waals surface area contributed by atoms with Gasteiger partial charge < -0.3 is 14.4 Å². The fraction of sp³-hybridized carbons (Fsp3) is 0.300. The predicted molar refractivity (Wildman–Crippen MR) is 93.6 cm³/mol. The third-order valence-corrected chi connectivity index (χ3v) is 4.13. The Morgan fingerprint density at radius 1 is 0.960 bits per heavy atom. The van der Waals surface area contributed by atoms with Gasteiger partial charge in [0.05, 0.1) is 0 Å². The standard InChI is InChI=1S/C20H21NO4/c1-15(19(22)21-13-7-8-14-21)24-20(23)17-11-5-6-12-18(17)25-16-9-3-2-4-10-16/h2-6,9-12,15H,7-8,13-14H2,1H3/t15-/m0/s1. The van der Waals surface area contributed by atoms with Gasteiger partial charge in [0.1, 0.15) is 17.1 Å². The van der Waals surface area contributed by atoms with Gasteiger partial charge in [0.2, 0.25) is 0 Å². The Hall–Kier alpha value is -2.82. The van der Waals surface area contributed by atoms with E-state index in [0.29, 0.717) is 17.1 Å². The first-order valence-corrected chi connectivity index (χ1v) is 8.47. The number of benzene rings is 2. The number of para-hydroxylation sites is 2. The van der Waals surface area contributed by atoms with Crippen LogP contribution in [0.25, 0.3) is 0 Å². The van der Waals surface area contributed by atoms with Crippen molar-refractivity contribution in [1.82, 2.24) is 4.90 Å². The van der Waals surface area contributed by atoms with Gasteiger partial charge in [-0.3, -0.25) is 4.79 Å². The number of hydrogen-bond donors (Lipinski definition) is 0. The molecule has 1 heterocycles. The third kappa shape index (κ3) is 4.18. The van der Waals surface area contributed by atoms with E-state index in [1.165, 1.54) is 0 Å². The first kappa shape index (κ1) is 17.0. The molecule has 1 aliphatic heterocycles. The number of ether oxygens (including phenoxy) is 2. The van der Waals surface area contributed by atoms with E-state index in [0.717, 1.165) is 25.9 Å². The lowest BCUT2D eigenvalue weighted by Crippen LogP contribution is -2.38. The molecular formula is C20H21NO4. The highest BCUT2D eigenvalue weighted by Gasteiger charge is 2.27. The van der Waals surface area contributed by atoms with Gasteiger partial charge >= 0.3 is 5.97 Å². The molecule has 0 aromatic heterocycles. The molecule has 1 aliphatic rings. The van der Waals surface area contributed by atoms with Gasteiger partial charge in [-0.1, -0.05) is 30.3 Å². The van der Waals surface area contributed by atoms with Crippen molar-refractivity contribution in [2.24, 2.45) is 0 Å². The molecule has 0 unspecified atom stereocenters. The minimum Gasteiger partial charge on any atom is -0.456 e. The molecule has 25 heavy (non-hydrogen) atoms. The minimum atomic E-state index is -0.810. The number of rotatable bonds is 5. The van der Waals surface area contributed by atoms with E-state index in [4.69, 9.17) is 9.47 Å². The number of hydrogen-bond acceptors (Lipinski definition) is 4. The summed E-state index contributed by atoms with van der Waals surface area (Å²) in [7, 11) is 0. The SMILES string of the molecule is C[C@H](OC(=O)c1ccccc1Oc1ccccc1)C(=O)N1CCCC1. The van der Waals surface area contributed by atoms with Crippen molar-refractivity contribution in [1.29, 1.82) is 0 Å². The van der Waals surface area contributed by atoms with Crippen molar-refractivity contribution in [3.05, 3.63) is 60.2 Å². The van der Waals surface area contributed by atoms with E-state index < -0.39 is 12.1 Å². The van der Waals surface area contributed by atoms with Crippen LogP contribution in [0.3, 0.4) is 0 Å². The van der Waals surface area contributed by atoms with Crippen LogP contribution in [0, 0.1) is 0 Å². The van der Waals surface area contributed by atoms with Crippen molar-refractivity contribution in [3.63, 3.8) is 0 Å². The summed E-state index contributed by atoms with van der Waals surface area (Å²) >= 11 is 0. The van der Waals surface area contributed by atoms with Gasteiger partial charge in [-0.25, -0.2) is 4.79 Å². The van der Waals surface area contributed by atoms with Crippen molar-refractivity contribution < 1.29 is 19.1 Å². The predicted octanol–water partition coefficient (Wildman–Crippen LogP) is 3.65. The van der Waals surface area contributed by atoms with E-state index in [1.54, 1.807) is 36.1 Å². The average Bonchev–Trinajstić information content (AvgIpc) is 3.17. The molecular weight excluding hydrogens is 318 g/mol. The molecule has 1 amide bonds. The van der Waals surface area contributed by atoms with Crippen LogP contribution in [0.4, 0.5) is 0 Å². The lowest BCUT2D eigenvalue weighted by molar-refractivity contribution is -0.138. The second kappa shape index (κ2) is 7.83. The quantitative estimate of drug-likeness (QED) is 0.780. The summed E-state index contributed by atoms with van der Waals surface area (Å²) in [6.45, 7) is 3.07. The topological polar surface area (TPSA) is 55.8 Å². The van der Waals surface area contributed by atoms with Crippen LogP contribution < -0.4 is 4.74 Å². The van der Waals surface area contributed by atoms with Gasteiger partial charge in [0, 0.05) is 13.1 Å². The second-order valence-corrected chi connectivity index (χ2v) is 5.99. The Morgan fingerprint density at radius 3 is 2.32 bits per heavy atom. The number of esters is 1. The van der Waals surface area contributed by atoms with Crippen LogP contribution in [-0.4, -0.2) is 36.0 Å². The molecule has 0 saturated carbocycles. The molecule has 1 fully saturated rings. The molecule has 1 saturated heterocycles. The molecule has 0 bridgehead atoms. The first-order chi connectivity index (χ1) is 12.1. The molecule has 2 aromatic rings. The summed E-state index contributed by atoms with van der Waals surface area (Å²) < 4.78 is 11.2. The molecule has 0 N–H and O–H groups in total. The molecule has 1 atom stereocenters. The fourth-order valence-corrected chi connectivity index (χ4v) is 2.81. The Kier molecular flexibility index (Phi) is 5.33. The van der Waals surface area contributed by atoms with E-state index in [-0.39, 0.29) is 5.91 Å². The monoisotopic (exact) mass is 339 g/mol. The highest BCUT2D eigenvalue weighted by Crippen LogP contribution is 2.26. The highest BCUT2D eigenvalue weighted by molar-refractivity contribution is 5.94. The smallest absolute Gasteiger partial charge is 0.342 e.